The number of nitrogens with two attached hydrogens (primary N) is 1. The average Bonchev–Trinajstić information content (AvgIpc) is 2.28. The van der Waals surface area contributed by atoms with Crippen molar-refractivity contribution >= 4 is 17.5 Å². The molecule has 5 nitrogen and oxygen atoms in total. The SMILES string of the molecule is NC(CC(=O)C(=O)c1ccccc1)C(=O)O. The highest BCUT2D eigenvalue weighted by Gasteiger charge is 2.22. The van der Waals surface area contributed by atoms with E-state index in [1.54, 1.807) is 18.2 Å². The van der Waals surface area contributed by atoms with Crippen LogP contribution in [0.15, 0.2) is 30.3 Å². The summed E-state index contributed by atoms with van der Waals surface area (Å²) in [6.07, 6.45) is -0.483. The Bertz CT molecular complexity index is 413. The molecule has 0 spiro atoms. The summed E-state index contributed by atoms with van der Waals surface area (Å²) < 4.78 is 0. The van der Waals surface area contributed by atoms with Crippen molar-refractivity contribution in [1.29, 1.82) is 0 Å². The molecule has 0 saturated heterocycles. The fraction of sp³-hybridized carbons (Fsp3) is 0.182. The third-order valence-electron chi connectivity index (χ3n) is 2.01. The summed E-state index contributed by atoms with van der Waals surface area (Å²) in [5.74, 6) is -2.80. The molecule has 5 heteroatoms. The largest absolute Gasteiger partial charge is 0.480 e. The van der Waals surface area contributed by atoms with Crippen LogP contribution in [0.4, 0.5) is 0 Å². The summed E-state index contributed by atoms with van der Waals surface area (Å²) in [6.45, 7) is 0. The van der Waals surface area contributed by atoms with E-state index >= 15 is 0 Å². The van der Waals surface area contributed by atoms with Gasteiger partial charge in [-0.15, -0.1) is 0 Å². The molecule has 0 aliphatic heterocycles. The van der Waals surface area contributed by atoms with E-state index in [-0.39, 0.29) is 5.56 Å². The number of carboxylic acid groups (broad SMARTS) is 1. The zero-order chi connectivity index (χ0) is 12.1. The topological polar surface area (TPSA) is 97.5 Å². The highest BCUT2D eigenvalue weighted by molar-refractivity contribution is 6.44. The van der Waals surface area contributed by atoms with Crippen LogP contribution >= 0.6 is 0 Å². The van der Waals surface area contributed by atoms with Crippen LogP contribution in [0.1, 0.15) is 16.8 Å². The Labute approximate surface area is 91.9 Å². The first-order valence-corrected chi connectivity index (χ1v) is 4.63. The minimum Gasteiger partial charge on any atom is -0.480 e. The summed E-state index contributed by atoms with van der Waals surface area (Å²) in [7, 11) is 0. The molecule has 1 aromatic rings. The van der Waals surface area contributed by atoms with Gasteiger partial charge in [0.25, 0.3) is 0 Å². The number of hydrogen-bond donors (Lipinski definition) is 2. The Hall–Kier alpha value is -2.01. The number of carbonyl (C=O) groups excluding carboxylic acids is 2. The predicted octanol–water partition coefficient (Wildman–Crippen LogP) is 0.240. The molecule has 0 fully saturated rings. The first-order valence-electron chi connectivity index (χ1n) is 4.63. The number of ketones is 2. The standard InChI is InChI=1S/C11H11NO4/c12-8(11(15)16)6-9(13)10(14)7-4-2-1-3-5-7/h1-5,8H,6,12H2,(H,15,16). The molecule has 0 aliphatic carbocycles. The third-order valence-corrected chi connectivity index (χ3v) is 2.01. The Morgan fingerprint density at radius 1 is 1.19 bits per heavy atom. The molecule has 3 N–H and O–H groups in total. The van der Waals surface area contributed by atoms with Crippen LogP contribution in [0.3, 0.4) is 0 Å². The van der Waals surface area contributed by atoms with Gasteiger partial charge in [0.1, 0.15) is 6.04 Å². The molecule has 1 aromatic carbocycles. The first-order chi connectivity index (χ1) is 7.52. The highest BCUT2D eigenvalue weighted by atomic mass is 16.4. The van der Waals surface area contributed by atoms with E-state index in [1.165, 1.54) is 12.1 Å². The lowest BCUT2D eigenvalue weighted by Gasteiger charge is -2.04. The van der Waals surface area contributed by atoms with Gasteiger partial charge in [-0.1, -0.05) is 30.3 Å². The Morgan fingerprint density at radius 2 is 1.75 bits per heavy atom. The van der Waals surface area contributed by atoms with E-state index in [0.29, 0.717) is 0 Å². The van der Waals surface area contributed by atoms with Gasteiger partial charge < -0.3 is 10.8 Å². The molecular formula is C11H11NO4. The van der Waals surface area contributed by atoms with Crippen LogP contribution in [0.25, 0.3) is 0 Å². The summed E-state index contributed by atoms with van der Waals surface area (Å²) in [5, 5.41) is 8.49. The molecule has 84 valence electrons. The van der Waals surface area contributed by atoms with Crippen LogP contribution in [-0.2, 0) is 9.59 Å². The van der Waals surface area contributed by atoms with Crippen molar-refractivity contribution in [3.05, 3.63) is 35.9 Å². The highest BCUT2D eigenvalue weighted by Crippen LogP contribution is 2.03. The van der Waals surface area contributed by atoms with Gasteiger partial charge in [0, 0.05) is 12.0 Å². The average molecular weight is 221 g/mol. The molecule has 16 heavy (non-hydrogen) atoms. The van der Waals surface area contributed by atoms with Gasteiger partial charge in [-0.2, -0.15) is 0 Å². The van der Waals surface area contributed by atoms with Crippen molar-refractivity contribution < 1.29 is 19.5 Å². The van der Waals surface area contributed by atoms with Gasteiger partial charge in [-0.05, 0) is 0 Å². The van der Waals surface area contributed by atoms with Gasteiger partial charge in [-0.3, -0.25) is 14.4 Å². The summed E-state index contributed by atoms with van der Waals surface area (Å²) in [5.41, 5.74) is 5.40. The second-order valence-corrected chi connectivity index (χ2v) is 3.27. The molecule has 0 radical (unpaired) electrons. The fourth-order valence-electron chi connectivity index (χ4n) is 1.13. The molecule has 1 atom stereocenters. The monoisotopic (exact) mass is 221 g/mol. The van der Waals surface area contributed by atoms with Crippen LogP contribution in [0, 0.1) is 0 Å². The smallest absolute Gasteiger partial charge is 0.320 e. The molecule has 0 aliphatic rings. The number of carbonyl (C=O) groups is 3. The summed E-state index contributed by atoms with van der Waals surface area (Å²) in [6, 6.07) is 6.61. The second-order valence-electron chi connectivity index (χ2n) is 3.27. The van der Waals surface area contributed by atoms with Crippen molar-refractivity contribution in [2.75, 3.05) is 0 Å². The number of Topliss-reactive ketones (excluding diaryl/α,β-unsaturated/α-hetero) is 2. The molecule has 0 heterocycles. The van der Waals surface area contributed by atoms with Crippen molar-refractivity contribution in [1.82, 2.24) is 0 Å². The van der Waals surface area contributed by atoms with E-state index in [4.69, 9.17) is 10.8 Å². The number of hydrogen-bond acceptors (Lipinski definition) is 4. The van der Waals surface area contributed by atoms with Gasteiger partial charge in [-0.25, -0.2) is 0 Å². The summed E-state index contributed by atoms with van der Waals surface area (Å²) >= 11 is 0. The summed E-state index contributed by atoms with van der Waals surface area (Å²) in [4.78, 5) is 33.3. The predicted molar refractivity (Wildman–Crippen MR) is 56.0 cm³/mol. The second kappa shape index (κ2) is 5.18. The number of benzene rings is 1. The van der Waals surface area contributed by atoms with Crippen LogP contribution in [0.5, 0.6) is 0 Å². The third kappa shape index (κ3) is 2.99. The van der Waals surface area contributed by atoms with E-state index in [2.05, 4.69) is 0 Å². The minimum absolute atomic E-state index is 0.241. The van der Waals surface area contributed by atoms with Crippen molar-refractivity contribution in [2.45, 2.75) is 12.5 Å². The molecule has 0 amide bonds. The van der Waals surface area contributed by atoms with E-state index < -0.39 is 30.0 Å². The lowest BCUT2D eigenvalue weighted by Crippen LogP contribution is -2.34. The fourth-order valence-corrected chi connectivity index (χ4v) is 1.13. The lowest BCUT2D eigenvalue weighted by molar-refractivity contribution is -0.139. The van der Waals surface area contributed by atoms with Crippen molar-refractivity contribution in [2.24, 2.45) is 5.73 Å². The van der Waals surface area contributed by atoms with Crippen LogP contribution in [-0.4, -0.2) is 28.7 Å². The van der Waals surface area contributed by atoms with Gasteiger partial charge >= 0.3 is 5.97 Å². The first kappa shape index (κ1) is 12.1. The van der Waals surface area contributed by atoms with Crippen molar-refractivity contribution in [3.8, 4) is 0 Å². The zero-order valence-electron chi connectivity index (χ0n) is 8.42. The normalized spacial score (nSPS) is 11.8. The Morgan fingerprint density at radius 3 is 2.25 bits per heavy atom. The molecule has 0 aromatic heterocycles. The number of rotatable bonds is 5. The van der Waals surface area contributed by atoms with E-state index in [1.807, 2.05) is 0 Å². The molecule has 1 rings (SSSR count). The number of carboxylic acids is 1. The van der Waals surface area contributed by atoms with Crippen LogP contribution < -0.4 is 5.73 Å². The molecular weight excluding hydrogens is 210 g/mol. The maximum atomic E-state index is 11.5. The molecule has 0 saturated carbocycles. The van der Waals surface area contributed by atoms with Gasteiger partial charge in [0.2, 0.25) is 11.6 Å². The Kier molecular flexibility index (Phi) is 3.90. The number of aliphatic carboxylic acids is 1. The minimum atomic E-state index is -1.33. The molecule has 0 bridgehead atoms. The van der Waals surface area contributed by atoms with E-state index in [9.17, 15) is 14.4 Å². The van der Waals surface area contributed by atoms with E-state index in [0.717, 1.165) is 0 Å². The van der Waals surface area contributed by atoms with Crippen LogP contribution in [0.2, 0.25) is 0 Å². The maximum absolute atomic E-state index is 11.5. The molecule has 1 unspecified atom stereocenters. The Balaban J connectivity index is 2.69. The van der Waals surface area contributed by atoms with Gasteiger partial charge in [0.15, 0.2) is 0 Å². The van der Waals surface area contributed by atoms with Crippen molar-refractivity contribution in [3.63, 3.8) is 0 Å². The maximum Gasteiger partial charge on any atom is 0.320 e. The quantitative estimate of drug-likeness (QED) is 0.548. The lowest BCUT2D eigenvalue weighted by atomic mass is 10.0. The van der Waals surface area contributed by atoms with Gasteiger partial charge in [0.05, 0.1) is 0 Å². The zero-order valence-corrected chi connectivity index (χ0v) is 8.42.